The van der Waals surface area contributed by atoms with Crippen molar-refractivity contribution in [3.05, 3.63) is 59.5 Å². The molecule has 1 aromatic carbocycles. The van der Waals surface area contributed by atoms with Crippen molar-refractivity contribution in [1.82, 2.24) is 15.1 Å². The number of carbonyl (C=O) groups excluding carboxylic acids is 1. The monoisotopic (exact) mass is 337 g/mol. The molecule has 1 N–H and O–H groups in total. The fourth-order valence-corrected chi connectivity index (χ4v) is 2.71. The Morgan fingerprint density at radius 2 is 2.08 bits per heavy atom. The molecule has 0 saturated carbocycles. The highest BCUT2D eigenvalue weighted by molar-refractivity contribution is 5.94. The van der Waals surface area contributed by atoms with Gasteiger partial charge in [0.15, 0.2) is 5.76 Å². The standard InChI is InChI=1S/C20H23N3O2/c1-5-15(4)21-20(24)18-12-16(19-7-6-10-25-19)22-23(18)17-9-8-13(2)11-14(17)3/h6-12,15H,5H2,1-4H3,(H,21,24). The van der Waals surface area contributed by atoms with E-state index in [1.54, 1.807) is 17.0 Å². The van der Waals surface area contributed by atoms with Crippen LogP contribution in [-0.2, 0) is 0 Å². The van der Waals surface area contributed by atoms with E-state index in [-0.39, 0.29) is 11.9 Å². The van der Waals surface area contributed by atoms with Crippen molar-refractivity contribution in [3.63, 3.8) is 0 Å². The smallest absolute Gasteiger partial charge is 0.270 e. The lowest BCUT2D eigenvalue weighted by atomic mass is 10.1. The molecule has 0 radical (unpaired) electrons. The summed E-state index contributed by atoms with van der Waals surface area (Å²) in [5.74, 6) is 0.501. The number of furan rings is 1. The Kier molecular flexibility index (Phi) is 4.74. The molecule has 0 saturated heterocycles. The first-order valence-corrected chi connectivity index (χ1v) is 8.52. The van der Waals surface area contributed by atoms with E-state index in [0.717, 1.165) is 17.7 Å². The molecular formula is C20H23N3O2. The van der Waals surface area contributed by atoms with Gasteiger partial charge in [0.05, 0.1) is 12.0 Å². The lowest BCUT2D eigenvalue weighted by Gasteiger charge is -2.14. The summed E-state index contributed by atoms with van der Waals surface area (Å²) in [7, 11) is 0. The van der Waals surface area contributed by atoms with Crippen molar-refractivity contribution >= 4 is 5.91 Å². The van der Waals surface area contributed by atoms with Gasteiger partial charge in [-0.15, -0.1) is 0 Å². The Morgan fingerprint density at radius 3 is 2.72 bits per heavy atom. The molecule has 25 heavy (non-hydrogen) atoms. The third-order valence-electron chi connectivity index (χ3n) is 4.29. The van der Waals surface area contributed by atoms with Crippen LogP contribution >= 0.6 is 0 Å². The Balaban J connectivity index is 2.10. The predicted octanol–water partition coefficient (Wildman–Crippen LogP) is 4.28. The highest BCUT2D eigenvalue weighted by Gasteiger charge is 2.20. The maximum absolute atomic E-state index is 12.8. The van der Waals surface area contributed by atoms with Crippen LogP contribution in [0.4, 0.5) is 0 Å². The SMILES string of the molecule is CCC(C)NC(=O)c1cc(-c2ccco2)nn1-c1ccc(C)cc1C. The Morgan fingerprint density at radius 1 is 1.28 bits per heavy atom. The van der Waals surface area contributed by atoms with Gasteiger partial charge in [-0.3, -0.25) is 4.79 Å². The third kappa shape index (κ3) is 3.50. The Hall–Kier alpha value is -2.82. The van der Waals surface area contributed by atoms with Gasteiger partial charge in [-0.2, -0.15) is 5.10 Å². The van der Waals surface area contributed by atoms with E-state index in [1.165, 1.54) is 5.56 Å². The maximum Gasteiger partial charge on any atom is 0.270 e. The summed E-state index contributed by atoms with van der Waals surface area (Å²) in [6.07, 6.45) is 2.47. The summed E-state index contributed by atoms with van der Waals surface area (Å²) < 4.78 is 7.15. The lowest BCUT2D eigenvalue weighted by Crippen LogP contribution is -2.33. The van der Waals surface area contributed by atoms with Crippen LogP contribution in [0, 0.1) is 13.8 Å². The molecule has 2 heterocycles. The maximum atomic E-state index is 12.8. The highest BCUT2D eigenvalue weighted by Crippen LogP contribution is 2.24. The number of aryl methyl sites for hydroxylation is 2. The molecule has 3 aromatic rings. The second-order valence-electron chi connectivity index (χ2n) is 6.38. The molecule has 0 aliphatic carbocycles. The van der Waals surface area contributed by atoms with Crippen molar-refractivity contribution in [1.29, 1.82) is 0 Å². The second kappa shape index (κ2) is 6.97. The van der Waals surface area contributed by atoms with Gasteiger partial charge in [0, 0.05) is 12.1 Å². The van der Waals surface area contributed by atoms with Gasteiger partial charge < -0.3 is 9.73 Å². The Bertz CT molecular complexity index is 878. The van der Waals surface area contributed by atoms with Crippen molar-refractivity contribution in [2.24, 2.45) is 0 Å². The number of aromatic nitrogens is 2. The number of benzene rings is 1. The summed E-state index contributed by atoms with van der Waals surface area (Å²) in [5, 5.41) is 7.64. The fourth-order valence-electron chi connectivity index (χ4n) is 2.71. The first kappa shape index (κ1) is 17.0. The van der Waals surface area contributed by atoms with Crippen molar-refractivity contribution in [3.8, 4) is 17.1 Å². The minimum absolute atomic E-state index is 0.0991. The van der Waals surface area contributed by atoms with Gasteiger partial charge >= 0.3 is 0 Å². The predicted molar refractivity (Wildman–Crippen MR) is 98.0 cm³/mol. The van der Waals surface area contributed by atoms with E-state index < -0.39 is 0 Å². The number of hydrogen-bond acceptors (Lipinski definition) is 3. The molecule has 1 unspecified atom stereocenters. The first-order chi connectivity index (χ1) is 12.0. The molecule has 0 fully saturated rings. The van der Waals surface area contributed by atoms with Gasteiger partial charge in [0.2, 0.25) is 0 Å². The van der Waals surface area contributed by atoms with Crippen LogP contribution < -0.4 is 5.32 Å². The molecule has 2 aromatic heterocycles. The molecule has 5 heteroatoms. The zero-order valence-electron chi connectivity index (χ0n) is 15.0. The third-order valence-corrected chi connectivity index (χ3v) is 4.29. The topological polar surface area (TPSA) is 60.1 Å². The van der Waals surface area contributed by atoms with E-state index in [4.69, 9.17) is 4.42 Å². The Labute approximate surface area is 147 Å². The van der Waals surface area contributed by atoms with E-state index in [1.807, 2.05) is 52.0 Å². The number of carbonyl (C=O) groups is 1. The average molecular weight is 337 g/mol. The van der Waals surface area contributed by atoms with Crippen molar-refractivity contribution in [2.45, 2.75) is 40.2 Å². The van der Waals surface area contributed by atoms with Crippen LogP contribution in [0.3, 0.4) is 0 Å². The molecule has 0 aliphatic heterocycles. The van der Waals surface area contributed by atoms with Gasteiger partial charge in [-0.25, -0.2) is 4.68 Å². The van der Waals surface area contributed by atoms with E-state index in [2.05, 4.69) is 16.5 Å². The fraction of sp³-hybridized carbons (Fsp3) is 0.300. The van der Waals surface area contributed by atoms with Gasteiger partial charge in [-0.1, -0.05) is 24.6 Å². The zero-order chi connectivity index (χ0) is 18.0. The van der Waals surface area contributed by atoms with Crippen LogP contribution in [0.5, 0.6) is 0 Å². The molecule has 3 rings (SSSR count). The molecule has 5 nitrogen and oxygen atoms in total. The van der Waals surface area contributed by atoms with Crippen LogP contribution in [0.1, 0.15) is 41.9 Å². The van der Waals surface area contributed by atoms with Crippen LogP contribution in [-0.4, -0.2) is 21.7 Å². The molecule has 0 bridgehead atoms. The molecular weight excluding hydrogens is 314 g/mol. The molecule has 1 amide bonds. The summed E-state index contributed by atoms with van der Waals surface area (Å²) in [6, 6.07) is 11.6. The largest absolute Gasteiger partial charge is 0.463 e. The lowest BCUT2D eigenvalue weighted by molar-refractivity contribution is 0.0931. The second-order valence-corrected chi connectivity index (χ2v) is 6.38. The summed E-state index contributed by atoms with van der Waals surface area (Å²) in [4.78, 5) is 12.8. The van der Waals surface area contributed by atoms with Crippen LogP contribution in [0.25, 0.3) is 17.1 Å². The van der Waals surface area contributed by atoms with Crippen LogP contribution in [0.15, 0.2) is 47.1 Å². The van der Waals surface area contributed by atoms with Crippen molar-refractivity contribution in [2.75, 3.05) is 0 Å². The van der Waals surface area contributed by atoms with Gasteiger partial charge in [0.25, 0.3) is 5.91 Å². The zero-order valence-corrected chi connectivity index (χ0v) is 15.0. The minimum Gasteiger partial charge on any atom is -0.463 e. The molecule has 1 atom stereocenters. The average Bonchev–Trinajstić information content (AvgIpc) is 3.24. The molecule has 130 valence electrons. The van der Waals surface area contributed by atoms with E-state index in [0.29, 0.717) is 17.1 Å². The van der Waals surface area contributed by atoms with Gasteiger partial charge in [0.1, 0.15) is 11.4 Å². The minimum atomic E-state index is -0.139. The number of nitrogens with one attached hydrogen (secondary N) is 1. The highest BCUT2D eigenvalue weighted by atomic mass is 16.3. The normalized spacial score (nSPS) is 12.2. The van der Waals surface area contributed by atoms with Crippen LogP contribution in [0.2, 0.25) is 0 Å². The van der Waals surface area contributed by atoms with E-state index in [9.17, 15) is 4.79 Å². The summed E-state index contributed by atoms with van der Waals surface area (Å²) in [6.45, 7) is 8.10. The van der Waals surface area contributed by atoms with Crippen molar-refractivity contribution < 1.29 is 9.21 Å². The number of nitrogens with zero attached hydrogens (tertiary/aromatic N) is 2. The number of hydrogen-bond donors (Lipinski definition) is 1. The first-order valence-electron chi connectivity index (χ1n) is 8.52. The summed E-state index contributed by atoms with van der Waals surface area (Å²) in [5.41, 5.74) is 4.26. The quantitative estimate of drug-likeness (QED) is 0.756. The number of rotatable bonds is 5. The molecule has 0 aliphatic rings. The van der Waals surface area contributed by atoms with E-state index >= 15 is 0 Å². The van der Waals surface area contributed by atoms with Gasteiger partial charge in [-0.05, 0) is 51.0 Å². The number of amides is 1. The molecule has 0 spiro atoms. The summed E-state index contributed by atoms with van der Waals surface area (Å²) >= 11 is 0.